The summed E-state index contributed by atoms with van der Waals surface area (Å²) in [4.78, 5) is 10.2. The van der Waals surface area contributed by atoms with Crippen molar-refractivity contribution in [3.05, 3.63) is 28.8 Å². The molecule has 19 heavy (non-hydrogen) atoms. The molecular formula is C11H7ClF3NO2S. The highest BCUT2D eigenvalue weighted by Crippen LogP contribution is 2.41. The Bertz CT molecular complexity index is 540. The van der Waals surface area contributed by atoms with Crippen LogP contribution in [-0.2, 0) is 17.1 Å². The summed E-state index contributed by atoms with van der Waals surface area (Å²) in [5, 5.41) is 17.6. The maximum Gasteiger partial charge on any atom is 0.446 e. The fourth-order valence-corrected chi connectivity index (χ4v) is 2.44. The van der Waals surface area contributed by atoms with Crippen molar-refractivity contribution in [1.29, 1.82) is 5.26 Å². The second-order valence-electron chi connectivity index (χ2n) is 3.45. The molecule has 0 aliphatic carbocycles. The number of carboxylic acids is 1. The molecule has 0 saturated carbocycles. The predicted molar refractivity (Wildman–Crippen MR) is 64.0 cm³/mol. The normalized spacial score (nSPS) is 11.1. The van der Waals surface area contributed by atoms with Crippen LogP contribution >= 0.6 is 23.4 Å². The SMILES string of the molecule is N#Cc1c(CCl)ccc(CC(=O)O)c1SC(F)(F)F. The molecule has 0 unspecified atom stereocenters. The van der Waals surface area contributed by atoms with E-state index in [1.54, 1.807) is 6.07 Å². The van der Waals surface area contributed by atoms with Crippen LogP contribution in [0.1, 0.15) is 16.7 Å². The average Bonchev–Trinajstić information content (AvgIpc) is 2.28. The van der Waals surface area contributed by atoms with Gasteiger partial charge in [-0.3, -0.25) is 4.79 Å². The molecule has 0 amide bonds. The number of nitrogens with zero attached hydrogens (tertiary/aromatic N) is 1. The van der Waals surface area contributed by atoms with Crippen LogP contribution in [0.25, 0.3) is 0 Å². The van der Waals surface area contributed by atoms with Gasteiger partial charge < -0.3 is 5.11 Å². The van der Waals surface area contributed by atoms with Crippen molar-refractivity contribution in [2.75, 3.05) is 0 Å². The maximum absolute atomic E-state index is 12.5. The fraction of sp³-hybridized carbons (Fsp3) is 0.273. The lowest BCUT2D eigenvalue weighted by Gasteiger charge is -2.13. The number of thioether (sulfide) groups is 1. The predicted octanol–water partition coefficient (Wildman–Crippen LogP) is 3.54. The van der Waals surface area contributed by atoms with Crippen LogP contribution in [0, 0.1) is 11.3 Å². The lowest BCUT2D eigenvalue weighted by atomic mass is 10.0. The van der Waals surface area contributed by atoms with E-state index in [2.05, 4.69) is 0 Å². The van der Waals surface area contributed by atoms with Gasteiger partial charge in [0.15, 0.2) is 0 Å². The topological polar surface area (TPSA) is 61.1 Å². The third-order valence-corrected chi connectivity index (χ3v) is 3.33. The van der Waals surface area contributed by atoms with E-state index in [0.717, 1.165) is 0 Å². The van der Waals surface area contributed by atoms with Crippen molar-refractivity contribution in [3.63, 3.8) is 0 Å². The molecule has 1 aromatic rings. The van der Waals surface area contributed by atoms with Gasteiger partial charge in [0.05, 0.1) is 12.0 Å². The van der Waals surface area contributed by atoms with Crippen LogP contribution in [0.4, 0.5) is 13.2 Å². The van der Waals surface area contributed by atoms with Crippen molar-refractivity contribution >= 4 is 29.3 Å². The van der Waals surface area contributed by atoms with Gasteiger partial charge in [-0.25, -0.2) is 0 Å². The van der Waals surface area contributed by atoms with E-state index in [9.17, 15) is 18.0 Å². The molecule has 0 heterocycles. The summed E-state index contributed by atoms with van der Waals surface area (Å²) in [5.74, 6) is -1.40. The van der Waals surface area contributed by atoms with Crippen molar-refractivity contribution < 1.29 is 23.1 Å². The average molecular weight is 310 g/mol. The standard InChI is InChI=1S/C11H7ClF3NO2S/c12-4-7-2-1-6(3-9(17)18)10(8(7)5-16)19-11(13,14)15/h1-2H,3-4H2,(H,17,18). The highest BCUT2D eigenvalue weighted by atomic mass is 35.5. The van der Waals surface area contributed by atoms with Crippen LogP contribution in [0.3, 0.4) is 0 Å². The number of hydrogen-bond acceptors (Lipinski definition) is 3. The molecule has 0 aromatic heterocycles. The summed E-state index contributed by atoms with van der Waals surface area (Å²) in [6, 6.07) is 4.27. The van der Waals surface area contributed by atoms with E-state index in [1.165, 1.54) is 12.1 Å². The molecule has 3 nitrogen and oxygen atoms in total. The quantitative estimate of drug-likeness (QED) is 0.682. The molecule has 0 aliphatic heterocycles. The summed E-state index contributed by atoms with van der Waals surface area (Å²) < 4.78 is 37.5. The molecule has 1 rings (SSSR count). The first-order valence-corrected chi connectivity index (χ1v) is 6.22. The van der Waals surface area contributed by atoms with Gasteiger partial charge in [-0.15, -0.1) is 11.6 Å². The third kappa shape index (κ3) is 4.33. The van der Waals surface area contributed by atoms with Crippen LogP contribution < -0.4 is 0 Å². The number of rotatable bonds is 4. The number of carbonyl (C=O) groups is 1. The van der Waals surface area contributed by atoms with Crippen LogP contribution in [0.2, 0.25) is 0 Å². The van der Waals surface area contributed by atoms with E-state index in [-0.39, 0.29) is 22.6 Å². The summed E-state index contributed by atoms with van der Waals surface area (Å²) >= 11 is 5.06. The smallest absolute Gasteiger partial charge is 0.446 e. The zero-order valence-corrected chi connectivity index (χ0v) is 10.9. The van der Waals surface area contributed by atoms with Crippen LogP contribution in [0.15, 0.2) is 17.0 Å². The Morgan fingerprint density at radius 3 is 2.42 bits per heavy atom. The van der Waals surface area contributed by atoms with Crippen molar-refractivity contribution in [2.45, 2.75) is 22.7 Å². The summed E-state index contributed by atoms with van der Waals surface area (Å²) in [5.41, 5.74) is -4.65. The monoisotopic (exact) mass is 309 g/mol. The highest BCUT2D eigenvalue weighted by molar-refractivity contribution is 8.00. The second kappa shape index (κ2) is 6.17. The lowest BCUT2D eigenvalue weighted by Crippen LogP contribution is -2.08. The third-order valence-electron chi connectivity index (χ3n) is 2.14. The second-order valence-corrected chi connectivity index (χ2v) is 4.79. The molecule has 0 bridgehead atoms. The molecule has 0 aliphatic rings. The molecule has 0 fully saturated rings. The molecule has 102 valence electrons. The molecule has 0 radical (unpaired) electrons. The largest absolute Gasteiger partial charge is 0.481 e. The Balaban J connectivity index is 3.40. The Hall–Kier alpha value is -1.39. The first kappa shape index (κ1) is 15.7. The van der Waals surface area contributed by atoms with E-state index in [4.69, 9.17) is 22.0 Å². The van der Waals surface area contributed by atoms with Gasteiger partial charge in [0.2, 0.25) is 0 Å². The van der Waals surface area contributed by atoms with E-state index in [1.807, 2.05) is 0 Å². The molecular weight excluding hydrogens is 303 g/mol. The Morgan fingerprint density at radius 1 is 1.42 bits per heavy atom. The molecule has 8 heteroatoms. The minimum Gasteiger partial charge on any atom is -0.481 e. The number of halogens is 4. The first-order valence-electron chi connectivity index (χ1n) is 4.87. The number of carboxylic acid groups (broad SMARTS) is 1. The molecule has 0 saturated heterocycles. The molecule has 1 aromatic carbocycles. The van der Waals surface area contributed by atoms with Gasteiger partial charge in [0.1, 0.15) is 6.07 Å². The van der Waals surface area contributed by atoms with Gasteiger partial charge in [-0.2, -0.15) is 18.4 Å². The van der Waals surface area contributed by atoms with E-state index >= 15 is 0 Å². The molecule has 1 N–H and O–H groups in total. The number of nitriles is 1. The Kier molecular flexibility index (Phi) is 5.09. The number of alkyl halides is 4. The van der Waals surface area contributed by atoms with Crippen LogP contribution in [-0.4, -0.2) is 16.6 Å². The van der Waals surface area contributed by atoms with Gasteiger partial charge in [0, 0.05) is 10.8 Å². The number of benzene rings is 1. The summed E-state index contributed by atoms with van der Waals surface area (Å²) in [7, 11) is 0. The zero-order chi connectivity index (χ0) is 14.6. The fourth-order valence-electron chi connectivity index (χ4n) is 1.43. The molecule has 0 atom stereocenters. The van der Waals surface area contributed by atoms with Crippen molar-refractivity contribution in [3.8, 4) is 6.07 Å². The maximum atomic E-state index is 12.5. The van der Waals surface area contributed by atoms with Gasteiger partial charge >= 0.3 is 11.5 Å². The number of aliphatic carboxylic acids is 1. The molecule has 0 spiro atoms. The van der Waals surface area contributed by atoms with Gasteiger partial charge in [-0.1, -0.05) is 12.1 Å². The van der Waals surface area contributed by atoms with E-state index in [0.29, 0.717) is 0 Å². The minimum absolute atomic E-state index is 0.0553. The lowest BCUT2D eigenvalue weighted by molar-refractivity contribution is -0.136. The van der Waals surface area contributed by atoms with Crippen LogP contribution in [0.5, 0.6) is 0 Å². The zero-order valence-electron chi connectivity index (χ0n) is 9.29. The van der Waals surface area contributed by atoms with Gasteiger partial charge in [0.25, 0.3) is 0 Å². The van der Waals surface area contributed by atoms with Gasteiger partial charge in [-0.05, 0) is 22.9 Å². The summed E-state index contributed by atoms with van der Waals surface area (Å²) in [6.07, 6.45) is -0.588. The van der Waals surface area contributed by atoms with Crippen molar-refractivity contribution in [2.24, 2.45) is 0 Å². The minimum atomic E-state index is -4.61. The highest BCUT2D eigenvalue weighted by Gasteiger charge is 2.32. The Labute approximate surface area is 116 Å². The first-order chi connectivity index (χ1) is 8.78. The van der Waals surface area contributed by atoms with E-state index < -0.39 is 34.6 Å². The van der Waals surface area contributed by atoms with Crippen molar-refractivity contribution in [1.82, 2.24) is 0 Å². The number of hydrogen-bond donors (Lipinski definition) is 1. The summed E-state index contributed by atoms with van der Waals surface area (Å²) in [6.45, 7) is 0. The Morgan fingerprint density at radius 2 is 2.00 bits per heavy atom.